The average Bonchev–Trinajstić information content (AvgIpc) is 1.36. The summed E-state index contributed by atoms with van der Waals surface area (Å²) in [6.45, 7) is 0. The van der Waals surface area contributed by atoms with Crippen LogP contribution < -0.4 is 11.7 Å². The van der Waals surface area contributed by atoms with Gasteiger partial charge >= 0.3 is 0 Å². The quantitative estimate of drug-likeness (QED) is 0.304. The van der Waals surface area contributed by atoms with Crippen molar-refractivity contribution in [3.63, 3.8) is 0 Å². The fourth-order valence-corrected chi connectivity index (χ4v) is 0. The van der Waals surface area contributed by atoms with Gasteiger partial charge in [-0.1, -0.05) is 0 Å². The maximum Gasteiger partial charge on any atom is 0.00424 e. The van der Waals surface area contributed by atoms with Gasteiger partial charge in [-0.15, -0.1) is 5.23 Å². The predicted molar refractivity (Wildman–Crippen MR) is 23.9 cm³/mol. The molecule has 4 N–H and O–H groups in total. The number of hydrogen-bond acceptors (Lipinski definition) is 4. The fraction of sp³-hybridized carbons (Fsp3) is 1.00. The molecule has 0 fully saturated rings. The molecular weight excluding hydrogens is 80.0 g/mol. The summed E-state index contributed by atoms with van der Waals surface area (Å²) in [7, 11) is 3.50. The highest BCUT2D eigenvalue weighted by Crippen LogP contribution is 1.62. The van der Waals surface area contributed by atoms with Crippen LogP contribution in [0.3, 0.4) is 0 Å². The normalized spacial score (nSPS) is 11.0. The van der Waals surface area contributed by atoms with Gasteiger partial charge in [0.2, 0.25) is 0 Å². The summed E-state index contributed by atoms with van der Waals surface area (Å²) in [5.41, 5.74) is 0. The summed E-state index contributed by atoms with van der Waals surface area (Å²) in [6, 6.07) is 0. The van der Waals surface area contributed by atoms with E-state index in [2.05, 4.69) is 0 Å². The Balaban J connectivity index is 2.99. The second-order valence-corrected chi connectivity index (χ2v) is 1.23. The smallest absolute Gasteiger partial charge is 0.00424 e. The highest BCUT2D eigenvalue weighted by molar-refractivity contribution is 4.13. The Hall–Kier alpha value is -0.160. The molecule has 0 saturated carbocycles. The topological polar surface area (TPSA) is 58.5 Å². The first-order chi connectivity index (χ1) is 2.64. The van der Waals surface area contributed by atoms with Crippen molar-refractivity contribution >= 4 is 0 Å². The van der Waals surface area contributed by atoms with E-state index in [9.17, 15) is 0 Å². The van der Waals surface area contributed by atoms with Crippen molar-refractivity contribution in [2.45, 2.75) is 0 Å². The van der Waals surface area contributed by atoms with E-state index in [0.29, 0.717) is 0 Å². The molecule has 0 heterocycles. The van der Waals surface area contributed by atoms with Gasteiger partial charge in [0.15, 0.2) is 0 Å². The van der Waals surface area contributed by atoms with E-state index < -0.39 is 0 Å². The predicted octanol–water partition coefficient (Wildman–Crippen LogP) is -1.49. The van der Waals surface area contributed by atoms with Crippen LogP contribution in [-0.4, -0.2) is 24.3 Å². The van der Waals surface area contributed by atoms with E-state index in [-0.39, 0.29) is 0 Å². The van der Waals surface area contributed by atoms with E-state index in [0.717, 1.165) is 5.23 Å². The van der Waals surface area contributed by atoms with Crippen LogP contribution in [0.2, 0.25) is 0 Å². The van der Waals surface area contributed by atoms with Crippen LogP contribution in [0.15, 0.2) is 0 Å². The molecule has 38 valence electrons. The van der Waals surface area contributed by atoms with Gasteiger partial charge in [-0.25, -0.2) is 16.7 Å². The zero-order chi connectivity index (χ0) is 5.15. The van der Waals surface area contributed by atoms with Crippen molar-refractivity contribution in [1.82, 2.24) is 10.2 Å². The Kier molecular flexibility index (Phi) is 2.04. The van der Waals surface area contributed by atoms with Gasteiger partial charge in [0, 0.05) is 14.1 Å². The highest BCUT2D eigenvalue weighted by Gasteiger charge is 1.85. The van der Waals surface area contributed by atoms with E-state index in [1.807, 2.05) is 0 Å². The van der Waals surface area contributed by atoms with Crippen molar-refractivity contribution in [3.8, 4) is 0 Å². The van der Waals surface area contributed by atoms with Crippen LogP contribution in [0, 0.1) is 0 Å². The van der Waals surface area contributed by atoms with Gasteiger partial charge in [0.05, 0.1) is 0 Å². The minimum absolute atomic E-state index is 1.00. The lowest BCUT2D eigenvalue weighted by Gasteiger charge is -2.15. The third kappa shape index (κ3) is 2.10. The van der Waals surface area contributed by atoms with E-state index in [1.54, 1.807) is 19.1 Å². The van der Waals surface area contributed by atoms with Gasteiger partial charge in [-0.2, -0.15) is 0 Å². The molecule has 0 radical (unpaired) electrons. The standard InChI is InChI=1S/C2H10N4/c1-5(2)6(3)4/h3-4H2,1-2H3. The fourth-order valence-electron chi connectivity index (χ4n) is 0. The maximum absolute atomic E-state index is 4.97. The van der Waals surface area contributed by atoms with Crippen molar-refractivity contribution in [3.05, 3.63) is 0 Å². The lowest BCUT2D eigenvalue weighted by atomic mass is 11.2. The number of nitrogens with zero attached hydrogens (tertiary/aromatic N) is 2. The molecular formula is C2H10N4. The van der Waals surface area contributed by atoms with E-state index in [4.69, 9.17) is 11.7 Å². The Labute approximate surface area is 37.2 Å². The number of hydrazine groups is 3. The van der Waals surface area contributed by atoms with Gasteiger partial charge < -0.3 is 0 Å². The summed E-state index contributed by atoms with van der Waals surface area (Å²) in [5.74, 6) is 9.94. The molecule has 4 heteroatoms. The Morgan fingerprint density at radius 3 is 1.33 bits per heavy atom. The molecule has 0 atom stereocenters. The van der Waals surface area contributed by atoms with Crippen LogP contribution in [0.25, 0.3) is 0 Å². The third-order valence-corrected chi connectivity index (χ3v) is 0.462. The van der Waals surface area contributed by atoms with Crippen LogP contribution in [0.5, 0.6) is 0 Å². The summed E-state index contributed by atoms with van der Waals surface area (Å²) < 4.78 is 0. The van der Waals surface area contributed by atoms with Crippen LogP contribution in [0.1, 0.15) is 0 Å². The molecule has 0 bridgehead atoms. The molecule has 0 unspecified atom stereocenters. The molecule has 0 rings (SSSR count). The van der Waals surface area contributed by atoms with Gasteiger partial charge in [-0.05, 0) is 0 Å². The molecule has 4 nitrogen and oxygen atoms in total. The zero-order valence-corrected chi connectivity index (χ0v) is 4.05. The molecule has 6 heavy (non-hydrogen) atoms. The Bertz CT molecular complexity index is 26.5. The van der Waals surface area contributed by atoms with Gasteiger partial charge in [0.1, 0.15) is 0 Å². The van der Waals surface area contributed by atoms with Gasteiger partial charge in [0.25, 0.3) is 0 Å². The molecule has 0 aliphatic heterocycles. The van der Waals surface area contributed by atoms with Crippen LogP contribution in [-0.2, 0) is 0 Å². The SMILES string of the molecule is CN(C)N(N)N. The zero-order valence-electron chi connectivity index (χ0n) is 4.05. The molecule has 0 aromatic rings. The molecule has 0 spiro atoms. The molecule has 0 aromatic heterocycles. The summed E-state index contributed by atoms with van der Waals surface area (Å²) >= 11 is 0. The first kappa shape index (κ1) is 5.84. The Morgan fingerprint density at radius 1 is 1.17 bits per heavy atom. The minimum atomic E-state index is 1.00. The third-order valence-electron chi connectivity index (χ3n) is 0.462. The Morgan fingerprint density at radius 2 is 1.33 bits per heavy atom. The molecule has 0 aromatic carbocycles. The summed E-state index contributed by atoms with van der Waals surface area (Å²) in [4.78, 5) is 0. The highest BCUT2D eigenvalue weighted by atomic mass is 15.9. The van der Waals surface area contributed by atoms with Gasteiger partial charge in [-0.3, -0.25) is 0 Å². The molecule has 0 amide bonds. The molecule has 0 saturated heterocycles. The largest absolute Gasteiger partial charge is 0.241 e. The monoisotopic (exact) mass is 90.1 g/mol. The van der Waals surface area contributed by atoms with E-state index >= 15 is 0 Å². The van der Waals surface area contributed by atoms with Crippen molar-refractivity contribution in [1.29, 1.82) is 0 Å². The minimum Gasteiger partial charge on any atom is -0.241 e. The second kappa shape index (κ2) is 2.09. The summed E-state index contributed by atoms with van der Waals surface area (Å²) in [5, 5.41) is 2.56. The van der Waals surface area contributed by atoms with Crippen molar-refractivity contribution in [2.75, 3.05) is 14.1 Å². The van der Waals surface area contributed by atoms with Crippen LogP contribution in [0.4, 0.5) is 0 Å². The first-order valence-electron chi connectivity index (χ1n) is 1.61. The number of nitrogens with two attached hydrogens (primary N) is 2. The summed E-state index contributed by atoms with van der Waals surface area (Å²) in [6.07, 6.45) is 0. The second-order valence-electron chi connectivity index (χ2n) is 1.23. The lowest BCUT2D eigenvalue weighted by Crippen LogP contribution is -2.47. The maximum atomic E-state index is 4.97. The average molecular weight is 90.1 g/mol. The molecule has 0 aliphatic carbocycles. The number of hydrogen-bond donors (Lipinski definition) is 2. The van der Waals surface area contributed by atoms with Crippen molar-refractivity contribution < 1.29 is 0 Å². The number of rotatable bonds is 1. The lowest BCUT2D eigenvalue weighted by molar-refractivity contribution is 0.0239. The van der Waals surface area contributed by atoms with Crippen molar-refractivity contribution in [2.24, 2.45) is 11.7 Å². The van der Waals surface area contributed by atoms with E-state index in [1.165, 1.54) is 0 Å². The molecule has 0 aliphatic rings. The van der Waals surface area contributed by atoms with Crippen LogP contribution >= 0.6 is 0 Å². The first-order valence-corrected chi connectivity index (χ1v) is 1.61.